The van der Waals surface area contributed by atoms with Crippen LogP contribution >= 0.6 is 24.0 Å². The lowest BCUT2D eigenvalue weighted by Crippen LogP contribution is -2.52. The molecule has 0 aromatic carbocycles. The maximum absolute atomic E-state index is 5.59. The molecule has 0 aliphatic heterocycles. The van der Waals surface area contributed by atoms with Gasteiger partial charge < -0.3 is 20.3 Å². The number of rotatable bonds is 9. The average molecular weight is 454 g/mol. The van der Waals surface area contributed by atoms with Crippen molar-refractivity contribution >= 4 is 29.9 Å². The first kappa shape index (κ1) is 23.9. The maximum atomic E-state index is 5.59. The molecule has 0 saturated heterocycles. The van der Waals surface area contributed by atoms with Gasteiger partial charge in [-0.1, -0.05) is 12.8 Å². The fourth-order valence-corrected chi connectivity index (χ4v) is 3.02. The predicted molar refractivity (Wildman–Crippen MR) is 115 cm³/mol. The molecule has 1 aliphatic rings. The van der Waals surface area contributed by atoms with Gasteiger partial charge in [-0.25, -0.2) is 0 Å². The van der Waals surface area contributed by atoms with Crippen molar-refractivity contribution in [2.75, 3.05) is 47.4 Å². The highest BCUT2D eigenvalue weighted by Crippen LogP contribution is 2.40. The maximum Gasteiger partial charge on any atom is 0.191 e. The Morgan fingerprint density at radius 3 is 2.33 bits per heavy atom. The van der Waals surface area contributed by atoms with Crippen LogP contribution in [-0.4, -0.2) is 63.8 Å². The predicted octanol–water partition coefficient (Wildman–Crippen LogP) is 3.10. The van der Waals surface area contributed by atoms with E-state index in [1.807, 2.05) is 7.05 Å². The second-order valence-corrected chi connectivity index (χ2v) is 7.64. The lowest BCUT2D eigenvalue weighted by Gasteiger charge is -2.34. The van der Waals surface area contributed by atoms with E-state index in [0.717, 1.165) is 38.7 Å². The topological polar surface area (TPSA) is 48.9 Å². The Labute approximate surface area is 166 Å². The van der Waals surface area contributed by atoms with E-state index < -0.39 is 0 Å². The molecule has 6 heteroatoms. The molecule has 5 nitrogen and oxygen atoms in total. The first-order chi connectivity index (χ1) is 10.9. The van der Waals surface area contributed by atoms with Gasteiger partial charge in [-0.15, -0.1) is 24.0 Å². The van der Waals surface area contributed by atoms with Gasteiger partial charge in [0.25, 0.3) is 0 Å². The summed E-state index contributed by atoms with van der Waals surface area (Å²) in [5.41, 5.74) is 0.474. The summed E-state index contributed by atoms with van der Waals surface area (Å²) in [7, 11) is 6.07. The molecule has 0 bridgehead atoms. The van der Waals surface area contributed by atoms with Crippen LogP contribution < -0.4 is 10.6 Å². The molecule has 0 aromatic rings. The van der Waals surface area contributed by atoms with E-state index in [1.165, 1.54) is 25.7 Å². The summed E-state index contributed by atoms with van der Waals surface area (Å²) in [6, 6.07) is 0. The third kappa shape index (κ3) is 7.87. The molecule has 1 saturated carbocycles. The molecule has 144 valence electrons. The molecule has 24 heavy (non-hydrogen) atoms. The molecule has 2 N–H and O–H groups in total. The van der Waals surface area contributed by atoms with Crippen LogP contribution in [0.2, 0.25) is 0 Å². The van der Waals surface area contributed by atoms with Crippen LogP contribution in [0, 0.1) is 5.41 Å². The summed E-state index contributed by atoms with van der Waals surface area (Å²) >= 11 is 0. The van der Waals surface area contributed by atoms with Crippen molar-refractivity contribution < 1.29 is 4.74 Å². The summed E-state index contributed by atoms with van der Waals surface area (Å²) in [5.74, 6) is 0.905. The molecule has 1 fully saturated rings. The fraction of sp³-hybridized carbons (Fsp3) is 0.944. The zero-order valence-corrected chi connectivity index (χ0v) is 18.9. The fourth-order valence-electron chi connectivity index (χ4n) is 3.02. The third-order valence-corrected chi connectivity index (χ3v) is 5.40. The second kappa shape index (κ2) is 11.5. The average Bonchev–Trinajstić information content (AvgIpc) is 2.96. The van der Waals surface area contributed by atoms with Gasteiger partial charge in [0.15, 0.2) is 5.96 Å². The lowest BCUT2D eigenvalue weighted by atomic mass is 9.83. The number of ether oxygens (including phenoxy) is 1. The Hall–Kier alpha value is -0.0800. The highest BCUT2D eigenvalue weighted by Gasteiger charge is 2.33. The first-order valence-corrected chi connectivity index (χ1v) is 9.05. The quantitative estimate of drug-likeness (QED) is 0.243. The third-order valence-electron chi connectivity index (χ3n) is 5.40. The van der Waals surface area contributed by atoms with Crippen LogP contribution in [0.1, 0.15) is 52.9 Å². The number of nitrogens with zero attached hydrogens (tertiary/aromatic N) is 2. The van der Waals surface area contributed by atoms with E-state index in [4.69, 9.17) is 4.74 Å². The minimum absolute atomic E-state index is 0. The van der Waals surface area contributed by atoms with E-state index >= 15 is 0 Å². The van der Waals surface area contributed by atoms with Crippen molar-refractivity contribution in [2.45, 2.75) is 58.4 Å². The molecule has 0 unspecified atom stereocenters. The molecule has 1 rings (SSSR count). The summed E-state index contributed by atoms with van der Waals surface area (Å²) in [5, 5.41) is 7.02. The summed E-state index contributed by atoms with van der Waals surface area (Å²) in [6.45, 7) is 10.1. The number of hydrogen-bond donors (Lipinski definition) is 2. The van der Waals surface area contributed by atoms with Gasteiger partial charge in [0, 0.05) is 38.9 Å². The van der Waals surface area contributed by atoms with E-state index in [-0.39, 0.29) is 29.5 Å². The minimum atomic E-state index is 0. The van der Waals surface area contributed by atoms with Gasteiger partial charge >= 0.3 is 0 Å². The Morgan fingerprint density at radius 1 is 1.21 bits per heavy atom. The lowest BCUT2D eigenvalue weighted by molar-refractivity contribution is 0.105. The van der Waals surface area contributed by atoms with E-state index in [0.29, 0.717) is 5.41 Å². The van der Waals surface area contributed by atoms with Gasteiger partial charge in [0.2, 0.25) is 0 Å². The SMILES string of the molecule is CCOCCC1(CNC(=NC)NCC(C)(C)N(C)C)CCCC1.I. The van der Waals surface area contributed by atoms with Gasteiger partial charge in [0.05, 0.1) is 0 Å². The standard InChI is InChI=1S/C18H38N4O.HI/c1-7-23-13-12-18(10-8-9-11-18)15-21-16(19-4)20-14-17(2,3)22(5)6;/h7-15H2,1-6H3,(H2,19,20,21);1H. The van der Waals surface area contributed by atoms with Gasteiger partial charge in [-0.2, -0.15) is 0 Å². The molecular formula is C18H39IN4O. The Bertz CT molecular complexity index is 366. The van der Waals surface area contributed by atoms with E-state index in [9.17, 15) is 0 Å². The number of likely N-dealkylation sites (N-methyl/N-ethyl adjacent to an activating group) is 1. The summed E-state index contributed by atoms with van der Waals surface area (Å²) in [6.07, 6.45) is 6.43. The van der Waals surface area contributed by atoms with Crippen LogP contribution in [0.25, 0.3) is 0 Å². The number of hydrogen-bond acceptors (Lipinski definition) is 3. The molecule has 0 heterocycles. The van der Waals surface area contributed by atoms with Crippen molar-refractivity contribution in [3.8, 4) is 0 Å². The van der Waals surface area contributed by atoms with Crippen molar-refractivity contribution in [2.24, 2.45) is 10.4 Å². The van der Waals surface area contributed by atoms with Crippen LogP contribution in [0.5, 0.6) is 0 Å². The monoisotopic (exact) mass is 454 g/mol. The zero-order valence-electron chi connectivity index (χ0n) is 16.6. The Kier molecular flexibility index (Phi) is 11.5. The van der Waals surface area contributed by atoms with Crippen molar-refractivity contribution in [3.63, 3.8) is 0 Å². The number of aliphatic imine (C=N–C) groups is 1. The smallest absolute Gasteiger partial charge is 0.191 e. The second-order valence-electron chi connectivity index (χ2n) is 7.64. The number of nitrogens with one attached hydrogen (secondary N) is 2. The molecule has 0 spiro atoms. The Morgan fingerprint density at radius 2 is 1.83 bits per heavy atom. The number of halogens is 1. The van der Waals surface area contributed by atoms with Gasteiger partial charge in [0.1, 0.15) is 0 Å². The largest absolute Gasteiger partial charge is 0.382 e. The first-order valence-electron chi connectivity index (χ1n) is 9.05. The van der Waals surface area contributed by atoms with Crippen LogP contribution in [0.15, 0.2) is 4.99 Å². The molecule has 0 amide bonds. The summed E-state index contributed by atoms with van der Waals surface area (Å²) in [4.78, 5) is 6.61. The molecule has 0 aromatic heterocycles. The molecular weight excluding hydrogens is 415 g/mol. The molecule has 0 atom stereocenters. The van der Waals surface area contributed by atoms with E-state index in [2.05, 4.69) is 55.4 Å². The Balaban J connectivity index is 0.00000529. The number of guanidine groups is 1. The highest BCUT2D eigenvalue weighted by molar-refractivity contribution is 14.0. The van der Waals surface area contributed by atoms with Crippen LogP contribution in [0.3, 0.4) is 0 Å². The van der Waals surface area contributed by atoms with Crippen molar-refractivity contribution in [1.82, 2.24) is 15.5 Å². The minimum Gasteiger partial charge on any atom is -0.382 e. The molecule has 0 radical (unpaired) electrons. The zero-order chi connectivity index (χ0) is 17.3. The van der Waals surface area contributed by atoms with Gasteiger partial charge in [-0.05, 0) is 59.5 Å². The van der Waals surface area contributed by atoms with Crippen molar-refractivity contribution in [3.05, 3.63) is 0 Å². The highest BCUT2D eigenvalue weighted by atomic mass is 127. The molecule has 1 aliphatic carbocycles. The van der Waals surface area contributed by atoms with E-state index in [1.54, 1.807) is 0 Å². The normalized spacial score (nSPS) is 17.7. The van der Waals surface area contributed by atoms with Crippen LogP contribution in [-0.2, 0) is 4.74 Å². The van der Waals surface area contributed by atoms with Crippen molar-refractivity contribution in [1.29, 1.82) is 0 Å². The summed E-state index contributed by atoms with van der Waals surface area (Å²) < 4.78 is 5.59. The van der Waals surface area contributed by atoms with Crippen LogP contribution in [0.4, 0.5) is 0 Å². The van der Waals surface area contributed by atoms with Gasteiger partial charge in [-0.3, -0.25) is 4.99 Å².